The van der Waals surface area contributed by atoms with Gasteiger partial charge in [0, 0.05) is 11.6 Å². The molecule has 2 aromatic rings. The van der Waals surface area contributed by atoms with E-state index in [1.807, 2.05) is 30.3 Å². The van der Waals surface area contributed by atoms with Crippen LogP contribution >= 0.6 is 0 Å². The van der Waals surface area contributed by atoms with Crippen molar-refractivity contribution in [1.82, 2.24) is 15.6 Å². The van der Waals surface area contributed by atoms with E-state index in [2.05, 4.69) is 15.6 Å². The number of carbonyl (C=O) groups excluding carboxylic acids is 3. The van der Waals surface area contributed by atoms with E-state index in [1.165, 1.54) is 0 Å². The second-order valence-corrected chi connectivity index (χ2v) is 7.45. The summed E-state index contributed by atoms with van der Waals surface area (Å²) in [4.78, 5) is 40.5. The number of nitrogens with one attached hydrogen (secondary N) is 2. The number of hydrogen-bond donors (Lipinski definition) is 2. The van der Waals surface area contributed by atoms with Crippen LogP contribution in [0.2, 0.25) is 0 Å². The molecule has 1 unspecified atom stereocenters. The third kappa shape index (κ3) is 7.40. The number of para-hydroxylation sites is 1. The van der Waals surface area contributed by atoms with Crippen LogP contribution in [0, 0.1) is 0 Å². The molecular formula is C21H27N3O5. The number of carbonyl (C=O) groups is 3. The highest BCUT2D eigenvalue weighted by Crippen LogP contribution is 2.21. The quantitative estimate of drug-likeness (QED) is 0.691. The number of rotatable bonds is 7. The zero-order chi connectivity index (χ0) is 21.4. The minimum absolute atomic E-state index is 0.0496. The van der Waals surface area contributed by atoms with Crippen molar-refractivity contribution < 1.29 is 23.9 Å². The predicted octanol–water partition coefficient (Wildman–Crippen LogP) is 2.87. The lowest BCUT2D eigenvalue weighted by Crippen LogP contribution is -2.41. The summed E-state index contributed by atoms with van der Waals surface area (Å²) in [7, 11) is 0. The Morgan fingerprint density at radius 3 is 2.59 bits per heavy atom. The number of alkyl carbamates (subject to hydrolysis) is 1. The number of ether oxygens (including phenoxy) is 2. The van der Waals surface area contributed by atoms with Crippen LogP contribution in [0.3, 0.4) is 0 Å². The van der Waals surface area contributed by atoms with Gasteiger partial charge in [-0.25, -0.2) is 4.79 Å². The maximum absolute atomic E-state index is 12.3. The second-order valence-electron chi connectivity index (χ2n) is 7.45. The van der Waals surface area contributed by atoms with Crippen molar-refractivity contribution in [2.75, 3.05) is 13.2 Å². The third-order valence-electron chi connectivity index (χ3n) is 3.82. The lowest BCUT2D eigenvalue weighted by Gasteiger charge is -2.21. The number of esters is 1. The van der Waals surface area contributed by atoms with Crippen LogP contribution in [0.25, 0.3) is 10.9 Å². The van der Waals surface area contributed by atoms with Gasteiger partial charge in [0.2, 0.25) is 5.91 Å². The van der Waals surface area contributed by atoms with Gasteiger partial charge in [-0.15, -0.1) is 0 Å². The fourth-order valence-electron chi connectivity index (χ4n) is 2.63. The lowest BCUT2D eigenvalue weighted by atomic mass is 10.0. The predicted molar refractivity (Wildman–Crippen MR) is 108 cm³/mol. The molecule has 1 atom stereocenters. The van der Waals surface area contributed by atoms with Crippen molar-refractivity contribution in [1.29, 1.82) is 0 Å². The first-order valence-corrected chi connectivity index (χ1v) is 9.44. The standard InChI is InChI=1S/C21H27N3O5/c1-5-28-19(26)11-17(15-10-14-8-6-7-9-16(14)22-12-15)24-18(25)13-23-20(27)29-21(2,3)4/h6-10,12,17H,5,11,13H2,1-4H3,(H,23,27)(H,24,25). The maximum Gasteiger partial charge on any atom is 0.408 e. The van der Waals surface area contributed by atoms with Gasteiger partial charge in [-0.1, -0.05) is 18.2 Å². The molecule has 1 aromatic carbocycles. The summed E-state index contributed by atoms with van der Waals surface area (Å²) < 4.78 is 10.1. The summed E-state index contributed by atoms with van der Waals surface area (Å²) in [5, 5.41) is 6.04. The summed E-state index contributed by atoms with van der Waals surface area (Å²) in [6.07, 6.45) is 0.877. The number of amides is 2. The summed E-state index contributed by atoms with van der Waals surface area (Å²) in [5.41, 5.74) is 0.815. The van der Waals surface area contributed by atoms with Crippen molar-refractivity contribution >= 4 is 28.9 Å². The molecule has 29 heavy (non-hydrogen) atoms. The molecule has 0 aliphatic rings. The fourth-order valence-corrected chi connectivity index (χ4v) is 2.63. The first-order valence-electron chi connectivity index (χ1n) is 9.44. The average molecular weight is 401 g/mol. The van der Waals surface area contributed by atoms with Gasteiger partial charge in [-0.05, 0) is 45.4 Å². The van der Waals surface area contributed by atoms with Gasteiger partial charge in [0.05, 0.1) is 24.6 Å². The van der Waals surface area contributed by atoms with Crippen molar-refractivity contribution in [3.05, 3.63) is 42.1 Å². The summed E-state index contributed by atoms with van der Waals surface area (Å²) >= 11 is 0. The highest BCUT2D eigenvalue weighted by molar-refractivity contribution is 5.84. The Morgan fingerprint density at radius 1 is 1.17 bits per heavy atom. The van der Waals surface area contributed by atoms with Gasteiger partial charge >= 0.3 is 12.1 Å². The van der Waals surface area contributed by atoms with Crippen LogP contribution < -0.4 is 10.6 Å². The monoisotopic (exact) mass is 401 g/mol. The fraction of sp³-hybridized carbons (Fsp3) is 0.429. The molecule has 0 aliphatic heterocycles. The maximum atomic E-state index is 12.3. The van der Waals surface area contributed by atoms with Crippen molar-refractivity contribution in [2.24, 2.45) is 0 Å². The summed E-state index contributed by atoms with van der Waals surface area (Å²) in [6, 6.07) is 8.78. The zero-order valence-electron chi connectivity index (χ0n) is 17.2. The molecule has 0 spiro atoms. The molecule has 2 amide bonds. The van der Waals surface area contributed by atoms with Gasteiger partial charge in [0.15, 0.2) is 0 Å². The minimum Gasteiger partial charge on any atom is -0.466 e. The first kappa shape index (κ1) is 22.1. The van der Waals surface area contributed by atoms with Crippen LogP contribution in [-0.4, -0.2) is 41.7 Å². The lowest BCUT2D eigenvalue weighted by molar-refractivity contribution is -0.143. The Morgan fingerprint density at radius 2 is 1.90 bits per heavy atom. The van der Waals surface area contributed by atoms with Gasteiger partial charge in [0.25, 0.3) is 0 Å². The zero-order valence-corrected chi connectivity index (χ0v) is 17.2. The Bertz CT molecular complexity index is 876. The van der Waals surface area contributed by atoms with Gasteiger partial charge in [0.1, 0.15) is 12.1 Å². The molecule has 0 bridgehead atoms. The molecule has 1 heterocycles. The van der Waals surface area contributed by atoms with E-state index in [0.29, 0.717) is 5.56 Å². The van der Waals surface area contributed by atoms with E-state index in [4.69, 9.17) is 9.47 Å². The van der Waals surface area contributed by atoms with Crippen LogP contribution in [0.15, 0.2) is 36.5 Å². The number of benzene rings is 1. The normalized spacial score (nSPS) is 12.1. The van der Waals surface area contributed by atoms with Crippen LogP contribution in [0.5, 0.6) is 0 Å². The van der Waals surface area contributed by atoms with E-state index >= 15 is 0 Å². The van der Waals surface area contributed by atoms with E-state index < -0.39 is 29.6 Å². The van der Waals surface area contributed by atoms with Crippen molar-refractivity contribution in [2.45, 2.75) is 45.8 Å². The first-order chi connectivity index (χ1) is 13.7. The van der Waals surface area contributed by atoms with E-state index in [1.54, 1.807) is 33.9 Å². The second kappa shape index (κ2) is 9.86. The van der Waals surface area contributed by atoms with Crippen LogP contribution in [0.1, 0.15) is 45.7 Å². The summed E-state index contributed by atoms with van der Waals surface area (Å²) in [6.45, 7) is 6.87. The Hall–Kier alpha value is -3.16. The smallest absolute Gasteiger partial charge is 0.408 e. The molecule has 8 nitrogen and oxygen atoms in total. The Kier molecular flexibility index (Phi) is 7.52. The number of hydrogen-bond acceptors (Lipinski definition) is 6. The molecule has 0 fully saturated rings. The Balaban J connectivity index is 2.09. The van der Waals surface area contributed by atoms with E-state index in [9.17, 15) is 14.4 Å². The molecule has 1 aromatic heterocycles. The topological polar surface area (TPSA) is 107 Å². The average Bonchev–Trinajstić information content (AvgIpc) is 2.64. The van der Waals surface area contributed by atoms with Crippen molar-refractivity contribution in [3.63, 3.8) is 0 Å². The third-order valence-corrected chi connectivity index (χ3v) is 3.82. The summed E-state index contributed by atoms with van der Waals surface area (Å²) in [5.74, 6) is -0.899. The van der Waals surface area contributed by atoms with Crippen LogP contribution in [0.4, 0.5) is 4.79 Å². The SMILES string of the molecule is CCOC(=O)CC(NC(=O)CNC(=O)OC(C)(C)C)c1cnc2ccccc2c1. The number of pyridine rings is 1. The minimum atomic E-state index is -0.693. The van der Waals surface area contributed by atoms with E-state index in [-0.39, 0.29) is 19.6 Å². The van der Waals surface area contributed by atoms with Gasteiger partial charge in [-0.2, -0.15) is 0 Å². The highest BCUT2D eigenvalue weighted by Gasteiger charge is 2.21. The Labute approximate surface area is 170 Å². The highest BCUT2D eigenvalue weighted by atomic mass is 16.6. The molecule has 0 saturated heterocycles. The molecule has 2 rings (SSSR count). The van der Waals surface area contributed by atoms with Gasteiger partial charge < -0.3 is 20.1 Å². The molecular weight excluding hydrogens is 374 g/mol. The molecule has 0 aliphatic carbocycles. The molecule has 0 radical (unpaired) electrons. The van der Waals surface area contributed by atoms with Gasteiger partial charge in [-0.3, -0.25) is 14.6 Å². The molecule has 2 N–H and O–H groups in total. The van der Waals surface area contributed by atoms with Crippen LogP contribution in [-0.2, 0) is 19.1 Å². The number of fused-ring (bicyclic) bond motifs is 1. The largest absolute Gasteiger partial charge is 0.466 e. The molecule has 8 heteroatoms. The van der Waals surface area contributed by atoms with Crippen molar-refractivity contribution in [3.8, 4) is 0 Å². The van der Waals surface area contributed by atoms with E-state index in [0.717, 1.165) is 10.9 Å². The molecule has 0 saturated carbocycles. The molecule has 156 valence electrons. The number of aromatic nitrogens is 1. The number of nitrogens with zero attached hydrogens (tertiary/aromatic N) is 1.